The standard InChI is InChI=1S/C33H46N4O7S/c1-6-19-18(5)32(43)37-30(19)31(42)29-17(4)21(8-10-28(40)41)26(35-29)14-25-20(7-9-27(38)39)15(2)23(34-25)13-24-16(3)22(11-12-45)33(44)36-24/h7,11,14,16,18-19,24,30-31,33-36,42,44-45H,6,8-10,12-13H2,1-5H3,(H,37,43)(H,38,39)(H,40,41)/b20-7+,22-11+,25-14-/t16?,18-,19-,24-,30?,31-,33?/m1/s1. The van der Waals surface area contributed by atoms with Gasteiger partial charge in [0, 0.05) is 53.0 Å². The Bertz CT molecular complexity index is 1590. The van der Waals surface area contributed by atoms with Gasteiger partial charge in [0.1, 0.15) is 12.3 Å². The summed E-state index contributed by atoms with van der Waals surface area (Å²) in [6, 6.07) is -0.564. The molecule has 0 bridgehead atoms. The van der Waals surface area contributed by atoms with E-state index < -0.39 is 30.3 Å². The van der Waals surface area contributed by atoms with E-state index in [0.717, 1.165) is 28.0 Å². The Morgan fingerprint density at radius 3 is 2.38 bits per heavy atom. The molecule has 8 N–H and O–H groups in total. The number of thiol groups is 1. The number of aromatic amines is 2. The minimum atomic E-state index is -1.03. The van der Waals surface area contributed by atoms with Crippen molar-refractivity contribution >= 4 is 42.6 Å². The number of hydrogen-bond donors (Lipinski definition) is 9. The number of carbonyl (C=O) groups excluding carboxylic acids is 1. The van der Waals surface area contributed by atoms with Crippen LogP contribution in [0.25, 0.3) is 12.2 Å². The lowest BCUT2D eigenvalue weighted by molar-refractivity contribution is -0.137. The predicted octanol–water partition coefficient (Wildman–Crippen LogP) is 1.58. The van der Waals surface area contributed by atoms with E-state index in [1.807, 2.05) is 46.8 Å². The first-order valence-electron chi connectivity index (χ1n) is 15.6. The Morgan fingerprint density at radius 2 is 1.76 bits per heavy atom. The molecule has 0 aliphatic carbocycles. The molecule has 4 heterocycles. The summed E-state index contributed by atoms with van der Waals surface area (Å²) in [5.74, 6) is -1.76. The van der Waals surface area contributed by atoms with Crippen LogP contribution in [-0.4, -0.2) is 72.3 Å². The Balaban J connectivity index is 1.82. The van der Waals surface area contributed by atoms with Gasteiger partial charge < -0.3 is 35.7 Å². The largest absolute Gasteiger partial charge is 0.481 e. The quantitative estimate of drug-likeness (QED) is 0.123. The zero-order valence-corrected chi connectivity index (χ0v) is 27.4. The fourth-order valence-electron chi connectivity index (χ4n) is 7.05. The molecule has 11 nitrogen and oxygen atoms in total. The van der Waals surface area contributed by atoms with Gasteiger partial charge in [-0.3, -0.25) is 19.7 Å². The van der Waals surface area contributed by atoms with E-state index in [1.54, 1.807) is 6.08 Å². The van der Waals surface area contributed by atoms with Crippen LogP contribution in [0.1, 0.15) is 79.9 Å². The Labute approximate surface area is 268 Å². The summed E-state index contributed by atoms with van der Waals surface area (Å²) in [5, 5.41) is 48.6. The second kappa shape index (κ2) is 14.4. The average molecular weight is 643 g/mol. The maximum absolute atomic E-state index is 12.5. The van der Waals surface area contributed by atoms with Crippen LogP contribution in [0, 0.1) is 31.6 Å². The normalized spacial score (nSPS) is 27.5. The Morgan fingerprint density at radius 1 is 1.04 bits per heavy atom. The van der Waals surface area contributed by atoms with Crippen molar-refractivity contribution in [2.45, 2.75) is 91.1 Å². The van der Waals surface area contributed by atoms with Crippen molar-refractivity contribution in [3.05, 3.63) is 56.0 Å². The van der Waals surface area contributed by atoms with Crippen LogP contribution in [-0.2, 0) is 27.2 Å². The van der Waals surface area contributed by atoms with Crippen LogP contribution in [0.5, 0.6) is 0 Å². The third-order valence-corrected chi connectivity index (χ3v) is 9.93. The second-order valence-electron chi connectivity index (χ2n) is 12.3. The molecule has 0 saturated carbocycles. The van der Waals surface area contributed by atoms with Gasteiger partial charge in [0.25, 0.3) is 0 Å². The first-order valence-corrected chi connectivity index (χ1v) is 16.2. The maximum Gasteiger partial charge on any atom is 0.307 e. The van der Waals surface area contributed by atoms with Crippen LogP contribution < -0.4 is 21.2 Å². The maximum atomic E-state index is 12.5. The molecule has 1 amide bonds. The Kier molecular flexibility index (Phi) is 11.1. The van der Waals surface area contributed by atoms with Gasteiger partial charge in [-0.2, -0.15) is 12.6 Å². The van der Waals surface area contributed by atoms with E-state index >= 15 is 0 Å². The number of H-pyrrole nitrogens is 2. The topological polar surface area (TPSA) is 188 Å². The van der Waals surface area contributed by atoms with Crippen molar-refractivity contribution in [2.75, 3.05) is 5.75 Å². The van der Waals surface area contributed by atoms with Crippen LogP contribution in [0.2, 0.25) is 0 Å². The number of rotatable bonds is 12. The zero-order chi connectivity index (χ0) is 33.2. The van der Waals surface area contributed by atoms with Crippen molar-refractivity contribution < 1.29 is 34.8 Å². The predicted molar refractivity (Wildman–Crippen MR) is 174 cm³/mol. The highest BCUT2D eigenvalue weighted by Crippen LogP contribution is 2.36. The molecule has 2 aliphatic heterocycles. The van der Waals surface area contributed by atoms with E-state index in [9.17, 15) is 34.8 Å². The van der Waals surface area contributed by atoms with Gasteiger partial charge in [-0.25, -0.2) is 0 Å². The van der Waals surface area contributed by atoms with Gasteiger partial charge in [-0.05, 0) is 65.7 Å². The number of aliphatic carboxylic acids is 2. The average Bonchev–Trinajstić information content (AvgIpc) is 3.64. The van der Waals surface area contributed by atoms with Crippen LogP contribution >= 0.6 is 12.6 Å². The smallest absolute Gasteiger partial charge is 0.307 e. The van der Waals surface area contributed by atoms with Crippen molar-refractivity contribution in [2.24, 2.45) is 17.8 Å². The molecular weight excluding hydrogens is 596 g/mol. The molecule has 2 aliphatic rings. The van der Waals surface area contributed by atoms with Gasteiger partial charge in [0.05, 0.1) is 12.5 Å². The first kappa shape index (κ1) is 34.6. The molecule has 2 aromatic rings. The minimum Gasteiger partial charge on any atom is -0.481 e. The van der Waals surface area contributed by atoms with Crippen molar-refractivity contribution in [3.63, 3.8) is 0 Å². The molecule has 0 aromatic carbocycles. The van der Waals surface area contributed by atoms with E-state index in [1.165, 1.54) is 0 Å². The SMILES string of the molecule is CC[C@H]1C([C@H](O)c2[nH]c(/C=c3\[nH]c(C[C@H]4NC(O)/C(=C/CS)C4C)c(C)\c3=C/CC(=O)O)c(CCC(=O)O)c2C)NC(=O)[C@@H]1C. The number of nitrogens with one attached hydrogen (secondary N) is 4. The van der Waals surface area contributed by atoms with Crippen molar-refractivity contribution in [1.82, 2.24) is 20.6 Å². The van der Waals surface area contributed by atoms with Gasteiger partial charge >= 0.3 is 11.9 Å². The third kappa shape index (κ3) is 7.24. The van der Waals surface area contributed by atoms with E-state index in [2.05, 4.69) is 33.2 Å². The molecule has 0 spiro atoms. The van der Waals surface area contributed by atoms with Gasteiger partial charge in [-0.1, -0.05) is 39.3 Å². The van der Waals surface area contributed by atoms with E-state index in [-0.39, 0.29) is 49.0 Å². The van der Waals surface area contributed by atoms with Gasteiger partial charge in [0.2, 0.25) is 5.91 Å². The number of hydrogen-bond acceptors (Lipinski definition) is 7. The second-order valence-corrected chi connectivity index (χ2v) is 12.7. The lowest BCUT2D eigenvalue weighted by Gasteiger charge is -2.24. The lowest BCUT2D eigenvalue weighted by Crippen LogP contribution is -2.35. The minimum absolute atomic E-state index is 0.0530. The number of aliphatic hydroxyl groups excluding tert-OH is 2. The fourth-order valence-corrected chi connectivity index (χ4v) is 7.26. The van der Waals surface area contributed by atoms with E-state index in [4.69, 9.17) is 0 Å². The molecule has 2 aromatic heterocycles. The highest BCUT2D eigenvalue weighted by molar-refractivity contribution is 7.80. The zero-order valence-electron chi connectivity index (χ0n) is 26.5. The molecule has 0 radical (unpaired) electrons. The molecule has 4 rings (SSSR count). The molecule has 2 saturated heterocycles. The number of amides is 1. The number of aliphatic hydroxyl groups is 2. The lowest BCUT2D eigenvalue weighted by atomic mass is 9.85. The third-order valence-electron chi connectivity index (χ3n) is 9.74. The molecule has 2 fully saturated rings. The molecular formula is C33H46N4O7S. The van der Waals surface area contributed by atoms with Crippen LogP contribution in [0.3, 0.4) is 0 Å². The summed E-state index contributed by atoms with van der Waals surface area (Å²) in [5.41, 5.74) is 5.21. The van der Waals surface area contributed by atoms with Crippen molar-refractivity contribution in [1.29, 1.82) is 0 Å². The first-order chi connectivity index (χ1) is 21.3. The molecule has 246 valence electrons. The summed E-state index contributed by atoms with van der Waals surface area (Å²) in [6.45, 7) is 9.65. The van der Waals surface area contributed by atoms with Crippen LogP contribution in [0.4, 0.5) is 0 Å². The Hall–Kier alpha value is -3.32. The summed E-state index contributed by atoms with van der Waals surface area (Å²) >= 11 is 4.28. The van der Waals surface area contributed by atoms with Gasteiger partial charge in [-0.15, -0.1) is 0 Å². The summed E-state index contributed by atoms with van der Waals surface area (Å²) in [6.07, 6.45) is 4.76. The summed E-state index contributed by atoms with van der Waals surface area (Å²) < 4.78 is 0. The number of carbonyl (C=O) groups is 3. The molecule has 7 atom stereocenters. The monoisotopic (exact) mass is 642 g/mol. The highest BCUT2D eigenvalue weighted by Gasteiger charge is 2.43. The molecule has 12 heteroatoms. The number of carboxylic acids is 2. The van der Waals surface area contributed by atoms with Crippen molar-refractivity contribution in [3.8, 4) is 0 Å². The molecule has 3 unspecified atom stereocenters. The number of carboxylic acid groups (broad SMARTS) is 2. The highest BCUT2D eigenvalue weighted by atomic mass is 32.1. The van der Waals surface area contributed by atoms with Crippen LogP contribution in [0.15, 0.2) is 11.6 Å². The number of aromatic nitrogens is 2. The molecule has 45 heavy (non-hydrogen) atoms. The fraction of sp³-hybridized carbons (Fsp3) is 0.545. The summed E-state index contributed by atoms with van der Waals surface area (Å²) in [7, 11) is 0. The van der Waals surface area contributed by atoms with Gasteiger partial charge in [0.15, 0.2) is 0 Å². The summed E-state index contributed by atoms with van der Waals surface area (Å²) in [4.78, 5) is 42.4. The van der Waals surface area contributed by atoms with E-state index in [0.29, 0.717) is 40.6 Å².